The van der Waals surface area contributed by atoms with Gasteiger partial charge in [0.15, 0.2) is 0 Å². The average Bonchev–Trinajstić information content (AvgIpc) is 3.18. The molecule has 0 fully saturated rings. The summed E-state index contributed by atoms with van der Waals surface area (Å²) in [5, 5.41) is 6.14. The maximum absolute atomic E-state index is 12.1. The van der Waals surface area contributed by atoms with Crippen molar-refractivity contribution in [2.45, 2.75) is 12.3 Å². The van der Waals surface area contributed by atoms with E-state index in [1.54, 1.807) is 24.3 Å². The van der Waals surface area contributed by atoms with Gasteiger partial charge in [-0.05, 0) is 23.1 Å². The van der Waals surface area contributed by atoms with E-state index in [4.69, 9.17) is 16.1 Å². The van der Waals surface area contributed by atoms with Crippen LogP contribution in [0.3, 0.4) is 0 Å². The van der Waals surface area contributed by atoms with Crippen LogP contribution in [-0.2, 0) is 22.3 Å². The molecule has 120 valence electrons. The molecule has 0 atom stereocenters. The summed E-state index contributed by atoms with van der Waals surface area (Å²) in [7, 11) is -3.56. The van der Waals surface area contributed by atoms with Gasteiger partial charge in [-0.2, -0.15) is 4.98 Å². The summed E-state index contributed by atoms with van der Waals surface area (Å²) in [4.78, 5) is 5.02. The molecule has 2 aromatic heterocycles. The minimum Gasteiger partial charge on any atom is -0.337 e. The van der Waals surface area contributed by atoms with E-state index in [2.05, 4.69) is 14.9 Å². The second kappa shape index (κ2) is 6.79. The Morgan fingerprint density at radius 1 is 1.22 bits per heavy atom. The third-order valence-corrected chi connectivity index (χ3v) is 5.47. The van der Waals surface area contributed by atoms with Gasteiger partial charge in [0.1, 0.15) is 0 Å². The van der Waals surface area contributed by atoms with Crippen LogP contribution in [0.5, 0.6) is 0 Å². The fraction of sp³-hybridized carbons (Fsp3) is 0.143. The summed E-state index contributed by atoms with van der Waals surface area (Å²) in [5.41, 5.74) is 0.534. The summed E-state index contributed by atoms with van der Waals surface area (Å²) >= 11 is 7.45. The summed E-state index contributed by atoms with van der Waals surface area (Å²) < 4.78 is 31.7. The van der Waals surface area contributed by atoms with Crippen LogP contribution in [0.25, 0.3) is 10.7 Å². The zero-order valence-corrected chi connectivity index (χ0v) is 14.2. The standard InChI is InChI=1S/C14H12ClN3O3S2/c15-11-5-2-1-4-10(11)9-23(19,20)16-8-13-17-14(18-21-13)12-6-3-7-22-12/h1-7,16H,8-9H2. The van der Waals surface area contributed by atoms with E-state index in [9.17, 15) is 8.42 Å². The van der Waals surface area contributed by atoms with Crippen molar-refractivity contribution in [1.29, 1.82) is 0 Å². The predicted octanol–water partition coefficient (Wildman–Crippen LogP) is 3.07. The lowest BCUT2D eigenvalue weighted by Crippen LogP contribution is -2.25. The zero-order valence-electron chi connectivity index (χ0n) is 11.8. The maximum Gasteiger partial charge on any atom is 0.242 e. The highest BCUT2D eigenvalue weighted by atomic mass is 35.5. The normalized spacial score (nSPS) is 11.7. The highest BCUT2D eigenvalue weighted by Gasteiger charge is 2.16. The predicted molar refractivity (Wildman–Crippen MR) is 88.5 cm³/mol. The lowest BCUT2D eigenvalue weighted by Gasteiger charge is -2.06. The molecule has 0 saturated heterocycles. The molecule has 23 heavy (non-hydrogen) atoms. The summed E-state index contributed by atoms with van der Waals surface area (Å²) in [6.45, 7) is -0.0643. The summed E-state index contributed by atoms with van der Waals surface area (Å²) in [6, 6.07) is 10.5. The molecule has 0 spiro atoms. The molecular weight excluding hydrogens is 358 g/mol. The van der Waals surface area contributed by atoms with Crippen LogP contribution in [0.1, 0.15) is 11.5 Å². The molecular formula is C14H12ClN3O3S2. The van der Waals surface area contributed by atoms with Crippen LogP contribution in [0.15, 0.2) is 46.3 Å². The van der Waals surface area contributed by atoms with Crippen LogP contribution in [-0.4, -0.2) is 18.6 Å². The van der Waals surface area contributed by atoms with E-state index >= 15 is 0 Å². The topological polar surface area (TPSA) is 85.1 Å². The number of benzene rings is 1. The Kier molecular flexibility index (Phi) is 4.76. The molecule has 0 amide bonds. The van der Waals surface area contributed by atoms with Gasteiger partial charge in [0.05, 0.1) is 17.2 Å². The van der Waals surface area contributed by atoms with E-state index in [1.807, 2.05) is 17.5 Å². The lowest BCUT2D eigenvalue weighted by atomic mass is 10.2. The van der Waals surface area contributed by atoms with Crippen molar-refractivity contribution in [1.82, 2.24) is 14.9 Å². The van der Waals surface area contributed by atoms with Gasteiger partial charge in [0, 0.05) is 5.02 Å². The van der Waals surface area contributed by atoms with Crippen molar-refractivity contribution in [2.24, 2.45) is 0 Å². The van der Waals surface area contributed by atoms with Crippen LogP contribution < -0.4 is 4.72 Å². The van der Waals surface area contributed by atoms with Gasteiger partial charge in [-0.1, -0.05) is 41.0 Å². The minimum absolute atomic E-state index is 0.0643. The number of hydrogen-bond acceptors (Lipinski definition) is 6. The first-order valence-corrected chi connectivity index (χ1v) is 9.52. The molecule has 3 aromatic rings. The number of rotatable bonds is 6. The Labute approximate surface area is 142 Å². The van der Waals surface area contributed by atoms with Crippen molar-refractivity contribution >= 4 is 33.0 Å². The van der Waals surface area contributed by atoms with Gasteiger partial charge in [-0.15, -0.1) is 11.3 Å². The number of aromatic nitrogens is 2. The summed E-state index contributed by atoms with van der Waals surface area (Å²) in [6.07, 6.45) is 0. The molecule has 0 bridgehead atoms. The second-order valence-corrected chi connectivity index (χ2v) is 7.82. The quantitative estimate of drug-likeness (QED) is 0.721. The van der Waals surface area contributed by atoms with Crippen LogP contribution in [0, 0.1) is 0 Å². The molecule has 2 heterocycles. The Morgan fingerprint density at radius 2 is 2.04 bits per heavy atom. The molecule has 9 heteroatoms. The van der Waals surface area contributed by atoms with E-state index in [0.29, 0.717) is 16.4 Å². The Morgan fingerprint density at radius 3 is 2.78 bits per heavy atom. The van der Waals surface area contributed by atoms with Crippen LogP contribution >= 0.6 is 22.9 Å². The van der Waals surface area contributed by atoms with E-state index in [1.165, 1.54) is 11.3 Å². The molecule has 3 rings (SSSR count). The minimum atomic E-state index is -3.56. The van der Waals surface area contributed by atoms with Crippen LogP contribution in [0.4, 0.5) is 0 Å². The van der Waals surface area contributed by atoms with Crippen molar-refractivity contribution in [3.05, 3.63) is 58.3 Å². The smallest absolute Gasteiger partial charge is 0.242 e. The molecule has 0 aliphatic rings. The molecule has 0 aliphatic heterocycles. The number of halogens is 1. The van der Waals surface area contributed by atoms with Crippen molar-refractivity contribution in [3.63, 3.8) is 0 Å². The first-order chi connectivity index (χ1) is 11.0. The monoisotopic (exact) mass is 369 g/mol. The second-order valence-electron chi connectivity index (χ2n) is 4.66. The van der Waals surface area contributed by atoms with E-state index < -0.39 is 10.0 Å². The van der Waals surface area contributed by atoms with E-state index in [0.717, 1.165) is 4.88 Å². The number of thiophene rings is 1. The van der Waals surface area contributed by atoms with Gasteiger partial charge >= 0.3 is 0 Å². The zero-order chi connectivity index (χ0) is 16.3. The molecule has 1 N–H and O–H groups in total. The van der Waals surface area contributed by atoms with Gasteiger partial charge in [-0.3, -0.25) is 0 Å². The van der Waals surface area contributed by atoms with Crippen molar-refractivity contribution in [3.8, 4) is 10.7 Å². The maximum atomic E-state index is 12.1. The van der Waals surface area contributed by atoms with Gasteiger partial charge in [0.25, 0.3) is 0 Å². The first kappa shape index (κ1) is 16.1. The van der Waals surface area contributed by atoms with Crippen LogP contribution in [0.2, 0.25) is 5.02 Å². The highest BCUT2D eigenvalue weighted by Crippen LogP contribution is 2.21. The number of sulfonamides is 1. The number of nitrogens with one attached hydrogen (secondary N) is 1. The third-order valence-electron chi connectivity index (χ3n) is 2.96. The fourth-order valence-corrected chi connectivity index (χ4v) is 3.91. The molecule has 0 saturated carbocycles. The van der Waals surface area contributed by atoms with Gasteiger partial charge in [-0.25, -0.2) is 13.1 Å². The fourth-order valence-electron chi connectivity index (χ4n) is 1.88. The lowest BCUT2D eigenvalue weighted by molar-refractivity contribution is 0.376. The number of hydrogen-bond donors (Lipinski definition) is 1. The Hall–Kier alpha value is -1.74. The molecule has 0 unspecified atom stereocenters. The molecule has 0 radical (unpaired) electrons. The largest absolute Gasteiger partial charge is 0.337 e. The molecule has 6 nitrogen and oxygen atoms in total. The summed E-state index contributed by atoms with van der Waals surface area (Å²) in [5.74, 6) is 0.440. The van der Waals surface area contributed by atoms with Crippen molar-refractivity contribution in [2.75, 3.05) is 0 Å². The number of nitrogens with zero attached hydrogens (tertiary/aromatic N) is 2. The van der Waals surface area contributed by atoms with Gasteiger partial charge < -0.3 is 4.52 Å². The molecule has 1 aromatic carbocycles. The average molecular weight is 370 g/mol. The van der Waals surface area contributed by atoms with E-state index in [-0.39, 0.29) is 18.2 Å². The Balaban J connectivity index is 1.64. The molecule has 0 aliphatic carbocycles. The third kappa shape index (κ3) is 4.17. The highest BCUT2D eigenvalue weighted by molar-refractivity contribution is 7.88. The Bertz CT molecular complexity index is 892. The van der Waals surface area contributed by atoms with Gasteiger partial charge in [0.2, 0.25) is 21.7 Å². The van der Waals surface area contributed by atoms with Crippen molar-refractivity contribution < 1.29 is 12.9 Å². The SMILES string of the molecule is O=S(=O)(Cc1ccccc1Cl)NCc1nc(-c2cccs2)no1. The first-order valence-electron chi connectivity index (χ1n) is 6.61.